The molecule has 0 unspecified atom stereocenters. The SMILES string of the molecule is C[C@]12C[C@H](c3ccc(N4CCCCC4)cc3)C3=C4CCC(=O)C=C4CC[C@H]3[C@@H]1CC[C@@]2(N)CCCO. The van der Waals surface area contributed by atoms with Crippen molar-refractivity contribution < 1.29 is 9.90 Å². The molecule has 1 saturated heterocycles. The van der Waals surface area contributed by atoms with Crippen LogP contribution in [-0.4, -0.2) is 36.1 Å². The highest BCUT2D eigenvalue weighted by atomic mass is 16.3. The van der Waals surface area contributed by atoms with Gasteiger partial charge in [0, 0.05) is 43.3 Å². The topological polar surface area (TPSA) is 66.6 Å². The lowest BCUT2D eigenvalue weighted by Gasteiger charge is -2.55. The number of benzene rings is 1. The molecule has 3 fully saturated rings. The summed E-state index contributed by atoms with van der Waals surface area (Å²) < 4.78 is 0. The minimum absolute atomic E-state index is 0.0683. The van der Waals surface area contributed by atoms with Crippen LogP contribution in [-0.2, 0) is 4.79 Å². The summed E-state index contributed by atoms with van der Waals surface area (Å²) >= 11 is 0. The van der Waals surface area contributed by atoms with E-state index < -0.39 is 0 Å². The third kappa shape index (κ3) is 3.91. The first kappa shape index (κ1) is 24.4. The maximum atomic E-state index is 12.3. The van der Waals surface area contributed by atoms with Crippen molar-refractivity contribution in [2.75, 3.05) is 24.6 Å². The molecule has 0 radical (unpaired) electrons. The van der Waals surface area contributed by atoms with Crippen molar-refractivity contribution in [3.05, 3.63) is 52.6 Å². The van der Waals surface area contributed by atoms with E-state index in [1.165, 1.54) is 61.2 Å². The molecule has 194 valence electrons. The number of aliphatic hydroxyl groups excluding tert-OH is 1. The number of ketones is 1. The standard InChI is InChI=1S/C32H44N2O2/c1-31-21-28(22-6-9-24(10-7-22)34-17-3-2-4-18-34)30-26-13-11-25(36)20-23(26)8-12-27(30)29(31)14-16-32(31,33)15-5-19-35/h6-7,9-10,20,27-29,35H,2-5,8,11-19,21,33H2,1H3/t27-,28+,29-,31-,32-/m0/s1. The summed E-state index contributed by atoms with van der Waals surface area (Å²) in [6.07, 6.45) is 14.7. The Morgan fingerprint density at radius 3 is 2.58 bits per heavy atom. The first-order chi connectivity index (χ1) is 17.4. The molecule has 0 bridgehead atoms. The Bertz CT molecular complexity index is 1070. The van der Waals surface area contributed by atoms with Gasteiger partial charge < -0.3 is 15.7 Å². The lowest BCUT2D eigenvalue weighted by Crippen LogP contribution is -2.56. The van der Waals surface area contributed by atoms with Crippen LogP contribution in [0.15, 0.2) is 47.1 Å². The molecule has 1 aromatic carbocycles. The van der Waals surface area contributed by atoms with Crippen molar-refractivity contribution in [2.45, 2.75) is 95.4 Å². The molecule has 2 saturated carbocycles. The van der Waals surface area contributed by atoms with Gasteiger partial charge in [-0.3, -0.25) is 4.79 Å². The van der Waals surface area contributed by atoms with Gasteiger partial charge in [0.2, 0.25) is 0 Å². The summed E-state index contributed by atoms with van der Waals surface area (Å²) in [7, 11) is 0. The molecule has 5 atom stereocenters. The van der Waals surface area contributed by atoms with E-state index >= 15 is 0 Å². The number of hydrogen-bond donors (Lipinski definition) is 2. The fourth-order valence-corrected chi connectivity index (χ4v) is 8.98. The summed E-state index contributed by atoms with van der Waals surface area (Å²) in [6.45, 7) is 5.04. The number of piperidine rings is 1. The lowest BCUT2D eigenvalue weighted by atomic mass is 9.50. The van der Waals surface area contributed by atoms with Crippen molar-refractivity contribution in [2.24, 2.45) is 23.0 Å². The summed E-state index contributed by atoms with van der Waals surface area (Å²) in [5.41, 5.74) is 14.4. The number of carbonyl (C=O) groups is 1. The number of nitrogens with two attached hydrogens (primary N) is 1. The summed E-state index contributed by atoms with van der Waals surface area (Å²) in [6, 6.07) is 9.51. The average molecular weight is 489 g/mol. The summed E-state index contributed by atoms with van der Waals surface area (Å²) in [5.74, 6) is 1.85. The highest BCUT2D eigenvalue weighted by Gasteiger charge is 2.61. The number of rotatable bonds is 5. The average Bonchev–Trinajstić information content (AvgIpc) is 3.17. The van der Waals surface area contributed by atoms with Gasteiger partial charge in [-0.2, -0.15) is 0 Å². The maximum absolute atomic E-state index is 12.3. The molecule has 36 heavy (non-hydrogen) atoms. The van der Waals surface area contributed by atoms with Crippen molar-refractivity contribution >= 4 is 11.5 Å². The second-order valence-corrected chi connectivity index (χ2v) is 12.7. The summed E-state index contributed by atoms with van der Waals surface area (Å²) in [4.78, 5) is 14.8. The molecule has 6 rings (SSSR count). The van der Waals surface area contributed by atoms with Crippen LogP contribution in [0, 0.1) is 17.3 Å². The minimum atomic E-state index is -0.207. The van der Waals surface area contributed by atoms with Crippen LogP contribution in [0.5, 0.6) is 0 Å². The van der Waals surface area contributed by atoms with Crippen LogP contribution in [0.4, 0.5) is 5.69 Å². The van der Waals surface area contributed by atoms with Gasteiger partial charge in [0.1, 0.15) is 0 Å². The van der Waals surface area contributed by atoms with Crippen molar-refractivity contribution in [1.29, 1.82) is 0 Å². The molecule has 1 aromatic rings. The molecular formula is C32H44N2O2. The Morgan fingerprint density at radius 1 is 1.06 bits per heavy atom. The van der Waals surface area contributed by atoms with E-state index in [2.05, 4.69) is 36.1 Å². The van der Waals surface area contributed by atoms with Gasteiger partial charge in [0.05, 0.1) is 0 Å². The van der Waals surface area contributed by atoms with Crippen molar-refractivity contribution in [3.63, 3.8) is 0 Å². The van der Waals surface area contributed by atoms with E-state index in [1.54, 1.807) is 5.57 Å². The highest BCUT2D eigenvalue weighted by Crippen LogP contribution is 2.66. The Labute approximate surface area is 217 Å². The number of fused-ring (bicyclic) bond motifs is 4. The van der Waals surface area contributed by atoms with Gasteiger partial charge in [-0.15, -0.1) is 0 Å². The van der Waals surface area contributed by atoms with Crippen LogP contribution in [0.2, 0.25) is 0 Å². The molecule has 4 aliphatic carbocycles. The molecule has 3 N–H and O–H groups in total. The normalized spacial score (nSPS) is 36.3. The fourth-order valence-electron chi connectivity index (χ4n) is 8.98. The predicted molar refractivity (Wildman–Crippen MR) is 146 cm³/mol. The van der Waals surface area contributed by atoms with Gasteiger partial charge >= 0.3 is 0 Å². The van der Waals surface area contributed by atoms with E-state index in [-0.39, 0.29) is 17.6 Å². The number of allylic oxidation sites excluding steroid dienone is 4. The zero-order valence-corrected chi connectivity index (χ0v) is 22.1. The molecule has 0 spiro atoms. The number of aliphatic hydroxyl groups is 1. The monoisotopic (exact) mass is 488 g/mol. The Hall–Kier alpha value is -1.91. The van der Waals surface area contributed by atoms with Crippen LogP contribution < -0.4 is 10.6 Å². The number of hydrogen-bond acceptors (Lipinski definition) is 4. The second-order valence-electron chi connectivity index (χ2n) is 12.7. The fraction of sp³-hybridized carbons (Fsp3) is 0.656. The maximum Gasteiger partial charge on any atom is 0.156 e. The Balaban J connectivity index is 1.41. The molecule has 1 heterocycles. The van der Waals surface area contributed by atoms with Gasteiger partial charge in [-0.1, -0.05) is 24.6 Å². The Kier molecular flexibility index (Phi) is 6.40. The third-order valence-corrected chi connectivity index (χ3v) is 11.0. The van der Waals surface area contributed by atoms with E-state index in [1.807, 2.05) is 6.08 Å². The van der Waals surface area contributed by atoms with E-state index in [4.69, 9.17) is 5.73 Å². The van der Waals surface area contributed by atoms with E-state index in [9.17, 15) is 9.90 Å². The van der Waals surface area contributed by atoms with Crippen LogP contribution in [0.1, 0.15) is 95.5 Å². The van der Waals surface area contributed by atoms with Gasteiger partial charge in [0.25, 0.3) is 0 Å². The molecule has 5 aliphatic rings. The minimum Gasteiger partial charge on any atom is -0.396 e. The molecule has 1 aliphatic heterocycles. The summed E-state index contributed by atoms with van der Waals surface area (Å²) in [5, 5.41) is 9.62. The molecule has 0 amide bonds. The molecular weight excluding hydrogens is 444 g/mol. The Morgan fingerprint density at radius 2 is 1.83 bits per heavy atom. The van der Waals surface area contributed by atoms with Gasteiger partial charge in [-0.25, -0.2) is 0 Å². The molecule has 4 nitrogen and oxygen atoms in total. The third-order valence-electron chi connectivity index (χ3n) is 11.0. The number of nitrogens with zero attached hydrogens (tertiary/aromatic N) is 1. The highest BCUT2D eigenvalue weighted by molar-refractivity contribution is 5.93. The molecule has 0 aromatic heterocycles. The largest absolute Gasteiger partial charge is 0.396 e. The quantitative estimate of drug-likeness (QED) is 0.530. The smallest absolute Gasteiger partial charge is 0.156 e. The van der Waals surface area contributed by atoms with Crippen molar-refractivity contribution in [3.8, 4) is 0 Å². The zero-order valence-electron chi connectivity index (χ0n) is 22.1. The molecule has 4 heteroatoms. The van der Waals surface area contributed by atoms with Gasteiger partial charge in [0.15, 0.2) is 5.78 Å². The van der Waals surface area contributed by atoms with Gasteiger partial charge in [-0.05, 0) is 123 Å². The first-order valence-corrected chi connectivity index (χ1v) is 14.6. The zero-order chi connectivity index (χ0) is 24.9. The second kappa shape index (κ2) is 9.44. The van der Waals surface area contributed by atoms with E-state index in [0.717, 1.165) is 44.9 Å². The van der Waals surface area contributed by atoms with Crippen LogP contribution in [0.25, 0.3) is 0 Å². The van der Waals surface area contributed by atoms with Crippen LogP contribution >= 0.6 is 0 Å². The van der Waals surface area contributed by atoms with E-state index in [0.29, 0.717) is 30.0 Å². The number of anilines is 1. The van der Waals surface area contributed by atoms with Crippen LogP contribution in [0.3, 0.4) is 0 Å². The predicted octanol–water partition coefficient (Wildman–Crippen LogP) is 6.05. The number of carbonyl (C=O) groups excluding carboxylic acids is 1. The first-order valence-electron chi connectivity index (χ1n) is 14.6. The van der Waals surface area contributed by atoms with Crippen molar-refractivity contribution in [1.82, 2.24) is 0 Å². The lowest BCUT2D eigenvalue weighted by molar-refractivity contribution is -0.114.